The number of fused-ring (bicyclic) bond motifs is 1. The van der Waals surface area contributed by atoms with Crippen molar-refractivity contribution in [1.82, 2.24) is 0 Å². The Morgan fingerprint density at radius 2 is 1.30 bits per heavy atom. The maximum atomic E-state index is 6.64. The Balaban J connectivity index is 2.27. The molecule has 17 heteroatoms. The molecule has 6 atom stereocenters. The van der Waals surface area contributed by atoms with Crippen molar-refractivity contribution >= 4 is 42.7 Å². The van der Waals surface area contributed by atoms with Crippen molar-refractivity contribution in [2.75, 3.05) is 0 Å². The Hall–Kier alpha value is -1.10. The molecule has 0 radical (unpaired) electrons. The van der Waals surface area contributed by atoms with Crippen molar-refractivity contribution in [3.63, 3.8) is 0 Å². The van der Waals surface area contributed by atoms with Gasteiger partial charge in [0.15, 0.2) is 26.3 Å². The highest BCUT2D eigenvalue weighted by Crippen LogP contribution is 2.61. The Labute approximate surface area is 185 Å². The molecule has 0 bridgehead atoms. The lowest BCUT2D eigenvalue weighted by molar-refractivity contribution is -0.222. The minimum Gasteiger partial charge on any atom is -0.318 e. The van der Waals surface area contributed by atoms with E-state index in [1.807, 2.05) is 0 Å². The number of nitrogens with zero attached hydrogens (tertiary/aromatic N) is 5. The summed E-state index contributed by atoms with van der Waals surface area (Å²) in [6.07, 6.45) is 0. The molecule has 2 fully saturated rings. The Kier molecular flexibility index (Phi) is 4.42. The van der Waals surface area contributed by atoms with Crippen LogP contribution in [0, 0.1) is 0 Å². The van der Waals surface area contributed by atoms with Gasteiger partial charge in [0, 0.05) is 0 Å². The number of ether oxygens (including phenoxy) is 2. The van der Waals surface area contributed by atoms with E-state index in [-0.39, 0.29) is 0 Å². The monoisotopic (exact) mass is 538 g/mol. The van der Waals surface area contributed by atoms with Gasteiger partial charge < -0.3 is 43.9 Å². The Morgan fingerprint density at radius 3 is 1.60 bits per heavy atom. The van der Waals surface area contributed by atoms with Gasteiger partial charge in [0.05, 0.1) is 0 Å². The minimum absolute atomic E-state index is 1.30. The maximum Gasteiger partial charge on any atom is 0.321 e. The predicted molar refractivity (Wildman–Crippen MR) is 118 cm³/mol. The first-order chi connectivity index (χ1) is 13.3. The summed E-state index contributed by atoms with van der Waals surface area (Å²) in [6.45, 7) is 11.5. The molecule has 0 aromatic heterocycles. The third-order valence-electron chi connectivity index (χ3n) is 6.56. The zero-order valence-corrected chi connectivity index (χ0v) is 18.4. The van der Waals surface area contributed by atoms with Crippen LogP contribution in [0.25, 0.3) is 0 Å². The summed E-state index contributed by atoms with van der Waals surface area (Å²) >= 11 is 1.65. The minimum atomic E-state index is -2.35. The second kappa shape index (κ2) is 5.63. The fourth-order valence-corrected chi connectivity index (χ4v) is 5.09. The number of hydrogen-bond donors (Lipinski definition) is 9. The van der Waals surface area contributed by atoms with Crippen molar-refractivity contribution in [1.29, 1.82) is 0 Å². The van der Waals surface area contributed by atoms with Crippen LogP contribution in [0.4, 0.5) is 0 Å². The summed E-state index contributed by atoms with van der Waals surface area (Å²) in [6, 6.07) is 0. The van der Waals surface area contributed by atoms with Gasteiger partial charge in [0.2, 0.25) is 5.66 Å². The first-order valence-corrected chi connectivity index (χ1v) is 9.45. The molecule has 0 amide bonds. The molecule has 16 nitrogen and oxygen atoms in total. The summed E-state index contributed by atoms with van der Waals surface area (Å²) in [4.78, 5) is 11.3. The largest absolute Gasteiger partial charge is 0.321 e. The third-order valence-corrected chi connectivity index (χ3v) is 8.25. The van der Waals surface area contributed by atoms with Gasteiger partial charge >= 0.3 is 5.85 Å². The van der Waals surface area contributed by atoms with E-state index in [2.05, 4.69) is 45.4 Å². The predicted octanol–water partition coefficient (Wildman–Crippen LogP) is -5.08. The number of nitrogens with two attached hydrogens (primary N) is 9. The van der Waals surface area contributed by atoms with Crippen LogP contribution in [0.1, 0.15) is 6.92 Å². The van der Waals surface area contributed by atoms with E-state index in [9.17, 15) is 0 Å². The fraction of sp³-hybridized carbons (Fsp3) is 0.769. The summed E-state index contributed by atoms with van der Waals surface area (Å²) in [5.74, 6) is -4.06. The summed E-state index contributed by atoms with van der Waals surface area (Å²) in [5.41, 5.74) is 44.7. The molecule has 2 saturated heterocycles. The molecule has 0 aliphatic carbocycles. The number of hydrogen-bond acceptors (Lipinski definition) is 16. The third kappa shape index (κ3) is 1.84. The molecular weight excluding hydrogens is 511 g/mol. The topological polar surface area (TPSA) is 314 Å². The van der Waals surface area contributed by atoms with Gasteiger partial charge in [0.25, 0.3) is 5.85 Å². The van der Waals surface area contributed by atoms with Crippen LogP contribution in [0.2, 0.25) is 0 Å². The number of halogens is 1. The normalized spacial score (nSPS) is 49.6. The van der Waals surface area contributed by atoms with Crippen LogP contribution in [0.15, 0.2) is 25.2 Å². The van der Waals surface area contributed by atoms with Gasteiger partial charge in [-0.2, -0.15) is 5.11 Å². The quantitative estimate of drug-likeness (QED) is 0.0524. The van der Waals surface area contributed by atoms with Crippen LogP contribution < -0.4 is 51.6 Å². The van der Waals surface area contributed by atoms with Gasteiger partial charge in [0.1, 0.15) is 5.54 Å². The molecule has 0 spiro atoms. The van der Waals surface area contributed by atoms with Gasteiger partial charge in [-0.15, -0.1) is 5.11 Å². The van der Waals surface area contributed by atoms with Crippen molar-refractivity contribution in [3.8, 4) is 0 Å². The smallest absolute Gasteiger partial charge is 0.318 e. The molecule has 3 heterocycles. The van der Waals surface area contributed by atoms with E-state index in [0.29, 0.717) is 0 Å². The van der Waals surface area contributed by atoms with Gasteiger partial charge in [-0.25, -0.2) is 15.0 Å². The number of rotatable bonds is 5. The summed E-state index contributed by atoms with van der Waals surface area (Å²) in [5, 5.41) is 7.54. The molecule has 168 valence electrons. The lowest BCUT2D eigenvalue weighted by atomic mass is 9.68. The highest BCUT2D eigenvalue weighted by Gasteiger charge is 2.89. The lowest BCUT2D eigenvalue weighted by Crippen LogP contribution is -2.94. The Bertz CT molecular complexity index is 866. The van der Waals surface area contributed by atoms with Gasteiger partial charge in [-0.1, -0.05) is 22.6 Å². The number of aliphatic imine (C=N–C) groups is 3. The van der Waals surface area contributed by atoms with E-state index < -0.39 is 49.2 Å². The molecule has 0 aromatic carbocycles. The first kappa shape index (κ1) is 23.6. The zero-order valence-electron chi connectivity index (χ0n) is 16.2. The second-order valence-electron chi connectivity index (χ2n) is 7.98. The molecule has 0 aromatic rings. The average molecular weight is 538 g/mol. The van der Waals surface area contributed by atoms with Crippen LogP contribution in [0.5, 0.6) is 0 Å². The molecular formula is C13H27IN14O2. The van der Waals surface area contributed by atoms with Crippen LogP contribution >= 0.6 is 22.6 Å². The molecule has 0 saturated carbocycles. The van der Waals surface area contributed by atoms with Crippen molar-refractivity contribution in [3.05, 3.63) is 0 Å². The summed E-state index contributed by atoms with van der Waals surface area (Å²) < 4.78 is 9.78. The van der Waals surface area contributed by atoms with Crippen molar-refractivity contribution in [2.24, 2.45) is 76.8 Å². The number of azo groups is 1. The van der Waals surface area contributed by atoms with Crippen LogP contribution in [-0.2, 0) is 9.47 Å². The average Bonchev–Trinajstić information content (AvgIpc) is 2.84. The molecule has 3 aliphatic rings. The molecule has 3 aliphatic heterocycles. The van der Waals surface area contributed by atoms with Crippen LogP contribution in [0.3, 0.4) is 0 Å². The van der Waals surface area contributed by atoms with E-state index in [1.54, 1.807) is 22.6 Å². The van der Waals surface area contributed by atoms with E-state index in [0.717, 1.165) is 0 Å². The van der Waals surface area contributed by atoms with E-state index >= 15 is 0 Å². The highest BCUT2D eigenvalue weighted by atomic mass is 127. The SMILES string of the molecule is C=NC1(N=C)OC(N)(C(C)(N)C2(N)OC3(N=C)N=NC3(N)C2(N)N)C(N)(I)C1(N)N. The highest BCUT2D eigenvalue weighted by molar-refractivity contribution is 14.1. The number of alkyl halides is 1. The molecule has 3 rings (SSSR count). The van der Waals surface area contributed by atoms with E-state index in [1.165, 1.54) is 6.92 Å². The standard InChI is InChI=1S/C13H27IN14O2/c1-5(15,10(22)6(14,16)7(17,18)12(24-2,25-3)29-10)11(23)8(19,20)9(21)13(26-4,30-11)28-27-9/h2-4,15-23H2,1H3. The van der Waals surface area contributed by atoms with Crippen LogP contribution in [-0.4, -0.2) is 69.4 Å². The first-order valence-electron chi connectivity index (χ1n) is 8.37. The molecule has 30 heavy (non-hydrogen) atoms. The zero-order chi connectivity index (χ0) is 23.4. The summed E-state index contributed by atoms with van der Waals surface area (Å²) in [7, 11) is 0. The fourth-order valence-electron chi connectivity index (χ4n) is 4.07. The maximum absolute atomic E-state index is 6.64. The molecule has 18 N–H and O–H groups in total. The van der Waals surface area contributed by atoms with Gasteiger partial charge in [-0.3, -0.25) is 17.2 Å². The van der Waals surface area contributed by atoms with E-state index in [4.69, 9.17) is 61.1 Å². The van der Waals surface area contributed by atoms with Gasteiger partial charge in [-0.05, 0) is 27.1 Å². The second-order valence-corrected chi connectivity index (χ2v) is 9.69. The Morgan fingerprint density at radius 1 is 0.800 bits per heavy atom. The molecule has 6 unspecified atom stereocenters. The van der Waals surface area contributed by atoms with Crippen molar-refractivity contribution < 1.29 is 9.47 Å². The van der Waals surface area contributed by atoms with Crippen molar-refractivity contribution in [2.45, 2.75) is 56.1 Å². The lowest BCUT2D eigenvalue weighted by Gasteiger charge is -2.56.